The SMILES string of the molecule is C=C(C)/C=C(/S)CC=C(C)C. The highest BCUT2D eigenvalue weighted by atomic mass is 32.1. The lowest BCUT2D eigenvalue weighted by atomic mass is 10.2. The van der Waals surface area contributed by atoms with Gasteiger partial charge in [0.15, 0.2) is 0 Å². The Balaban J connectivity index is 3.97. The molecule has 0 radical (unpaired) electrons. The molecule has 0 bridgehead atoms. The van der Waals surface area contributed by atoms with Crippen molar-refractivity contribution in [3.63, 3.8) is 0 Å². The molecule has 0 spiro atoms. The Morgan fingerprint density at radius 2 is 1.91 bits per heavy atom. The smallest absolute Gasteiger partial charge is 0.00373 e. The Labute approximate surface area is 75.1 Å². The van der Waals surface area contributed by atoms with Gasteiger partial charge >= 0.3 is 0 Å². The van der Waals surface area contributed by atoms with Crippen molar-refractivity contribution in [3.8, 4) is 0 Å². The van der Waals surface area contributed by atoms with Crippen LogP contribution in [0, 0.1) is 0 Å². The molecule has 0 aliphatic heterocycles. The van der Waals surface area contributed by atoms with Gasteiger partial charge in [0.2, 0.25) is 0 Å². The molecule has 0 aromatic carbocycles. The van der Waals surface area contributed by atoms with E-state index in [2.05, 4.69) is 39.1 Å². The van der Waals surface area contributed by atoms with Crippen LogP contribution in [0.4, 0.5) is 0 Å². The molecule has 0 saturated carbocycles. The van der Waals surface area contributed by atoms with E-state index in [1.54, 1.807) is 0 Å². The number of hydrogen-bond acceptors (Lipinski definition) is 1. The van der Waals surface area contributed by atoms with Crippen LogP contribution in [0.15, 0.2) is 34.8 Å². The highest BCUT2D eigenvalue weighted by Gasteiger charge is 1.86. The standard InChI is InChI=1S/C10H16S/c1-8(2)5-6-10(11)7-9(3)4/h5,7,11H,3,6H2,1-2,4H3/b10-7+. The van der Waals surface area contributed by atoms with Crippen LogP contribution >= 0.6 is 12.6 Å². The molecular formula is C10H16S. The van der Waals surface area contributed by atoms with Gasteiger partial charge in [-0.3, -0.25) is 0 Å². The quantitative estimate of drug-likeness (QED) is 0.370. The fourth-order valence-electron chi connectivity index (χ4n) is 0.652. The van der Waals surface area contributed by atoms with E-state index in [0.29, 0.717) is 0 Å². The zero-order chi connectivity index (χ0) is 8.85. The van der Waals surface area contributed by atoms with Gasteiger partial charge in [-0.25, -0.2) is 0 Å². The van der Waals surface area contributed by atoms with E-state index in [-0.39, 0.29) is 0 Å². The Kier molecular flexibility index (Phi) is 5.05. The van der Waals surface area contributed by atoms with Gasteiger partial charge in [0.25, 0.3) is 0 Å². The van der Waals surface area contributed by atoms with Gasteiger partial charge in [0, 0.05) is 0 Å². The van der Waals surface area contributed by atoms with E-state index in [0.717, 1.165) is 16.9 Å². The van der Waals surface area contributed by atoms with Crippen molar-refractivity contribution in [2.75, 3.05) is 0 Å². The normalized spacial score (nSPS) is 11.1. The molecule has 0 unspecified atom stereocenters. The first kappa shape index (κ1) is 10.6. The summed E-state index contributed by atoms with van der Waals surface area (Å²) < 4.78 is 0. The van der Waals surface area contributed by atoms with Crippen LogP contribution in [-0.2, 0) is 0 Å². The lowest BCUT2D eigenvalue weighted by molar-refractivity contribution is 1.26. The molecule has 0 amide bonds. The minimum absolute atomic E-state index is 0.915. The molecule has 1 heteroatoms. The Morgan fingerprint density at radius 1 is 1.36 bits per heavy atom. The summed E-state index contributed by atoms with van der Waals surface area (Å²) in [6.45, 7) is 9.92. The fourth-order valence-corrected chi connectivity index (χ4v) is 0.964. The van der Waals surface area contributed by atoms with E-state index in [1.165, 1.54) is 5.57 Å². The first-order valence-corrected chi connectivity index (χ1v) is 4.15. The zero-order valence-electron chi connectivity index (χ0n) is 7.52. The number of hydrogen-bond donors (Lipinski definition) is 1. The molecule has 0 saturated heterocycles. The molecular weight excluding hydrogens is 152 g/mol. The fraction of sp³-hybridized carbons (Fsp3) is 0.400. The van der Waals surface area contributed by atoms with Crippen LogP contribution in [0.3, 0.4) is 0 Å². The topological polar surface area (TPSA) is 0 Å². The van der Waals surface area contributed by atoms with Crippen molar-refractivity contribution >= 4 is 12.6 Å². The first-order chi connectivity index (χ1) is 5.02. The van der Waals surface area contributed by atoms with Gasteiger partial charge in [-0.15, -0.1) is 12.6 Å². The largest absolute Gasteiger partial charge is 0.148 e. The van der Waals surface area contributed by atoms with Crippen molar-refractivity contribution in [2.45, 2.75) is 27.2 Å². The summed E-state index contributed by atoms with van der Waals surface area (Å²) in [5.74, 6) is 0. The number of rotatable bonds is 3. The summed E-state index contributed by atoms with van der Waals surface area (Å²) in [7, 11) is 0. The maximum atomic E-state index is 4.30. The van der Waals surface area contributed by atoms with Crippen molar-refractivity contribution < 1.29 is 0 Å². The van der Waals surface area contributed by atoms with Crippen LogP contribution in [-0.4, -0.2) is 0 Å². The van der Waals surface area contributed by atoms with Crippen LogP contribution in [0.1, 0.15) is 27.2 Å². The number of allylic oxidation sites excluding steroid dienone is 5. The summed E-state index contributed by atoms with van der Waals surface area (Å²) in [5.41, 5.74) is 2.38. The van der Waals surface area contributed by atoms with Crippen molar-refractivity contribution in [1.82, 2.24) is 0 Å². The summed E-state index contributed by atoms with van der Waals surface area (Å²) in [4.78, 5) is 1.07. The van der Waals surface area contributed by atoms with E-state index in [1.807, 2.05) is 13.0 Å². The molecule has 0 aliphatic carbocycles. The van der Waals surface area contributed by atoms with Crippen molar-refractivity contribution in [2.24, 2.45) is 0 Å². The minimum atomic E-state index is 0.915. The summed E-state index contributed by atoms with van der Waals surface area (Å²) in [6.07, 6.45) is 5.06. The average molecular weight is 168 g/mol. The average Bonchev–Trinajstić information content (AvgIpc) is 1.82. The van der Waals surface area contributed by atoms with Crippen LogP contribution in [0.5, 0.6) is 0 Å². The third-order valence-electron chi connectivity index (χ3n) is 1.13. The molecule has 0 heterocycles. The summed E-state index contributed by atoms with van der Waals surface area (Å²) in [6, 6.07) is 0. The maximum Gasteiger partial charge on any atom is -0.00373 e. The minimum Gasteiger partial charge on any atom is -0.148 e. The maximum absolute atomic E-state index is 4.30. The molecule has 62 valence electrons. The molecule has 0 aromatic heterocycles. The molecule has 0 N–H and O–H groups in total. The zero-order valence-corrected chi connectivity index (χ0v) is 8.41. The second-order valence-corrected chi connectivity index (χ2v) is 3.54. The van der Waals surface area contributed by atoms with Gasteiger partial charge < -0.3 is 0 Å². The van der Waals surface area contributed by atoms with Crippen molar-refractivity contribution in [1.29, 1.82) is 0 Å². The number of thiol groups is 1. The van der Waals surface area contributed by atoms with Crippen LogP contribution < -0.4 is 0 Å². The summed E-state index contributed by atoms with van der Waals surface area (Å²) in [5, 5.41) is 0. The molecule has 11 heavy (non-hydrogen) atoms. The molecule has 0 rings (SSSR count). The molecule has 0 aromatic rings. The molecule has 0 nitrogen and oxygen atoms in total. The Hall–Kier alpha value is -0.430. The van der Waals surface area contributed by atoms with Crippen LogP contribution in [0.2, 0.25) is 0 Å². The second-order valence-electron chi connectivity index (χ2n) is 2.97. The predicted molar refractivity (Wildman–Crippen MR) is 55.9 cm³/mol. The van der Waals surface area contributed by atoms with Gasteiger partial charge in [-0.1, -0.05) is 29.9 Å². The second kappa shape index (κ2) is 5.25. The van der Waals surface area contributed by atoms with E-state index in [9.17, 15) is 0 Å². The third kappa shape index (κ3) is 7.47. The lowest BCUT2D eigenvalue weighted by Crippen LogP contribution is -1.72. The van der Waals surface area contributed by atoms with Gasteiger partial charge in [-0.05, 0) is 32.1 Å². The van der Waals surface area contributed by atoms with Gasteiger partial charge in [0.1, 0.15) is 0 Å². The highest BCUT2D eigenvalue weighted by Crippen LogP contribution is 2.11. The molecule has 0 atom stereocenters. The van der Waals surface area contributed by atoms with E-state index in [4.69, 9.17) is 0 Å². The van der Waals surface area contributed by atoms with Gasteiger partial charge in [0.05, 0.1) is 0 Å². The van der Waals surface area contributed by atoms with Gasteiger partial charge in [-0.2, -0.15) is 0 Å². The van der Waals surface area contributed by atoms with Crippen LogP contribution in [0.25, 0.3) is 0 Å². The Bertz CT molecular complexity index is 193. The molecule has 0 aliphatic rings. The first-order valence-electron chi connectivity index (χ1n) is 3.70. The lowest BCUT2D eigenvalue weighted by Gasteiger charge is -1.95. The Morgan fingerprint density at radius 3 is 2.27 bits per heavy atom. The summed E-state index contributed by atoms with van der Waals surface area (Å²) >= 11 is 4.30. The highest BCUT2D eigenvalue weighted by molar-refractivity contribution is 7.84. The third-order valence-corrected chi connectivity index (χ3v) is 1.44. The monoisotopic (exact) mass is 168 g/mol. The van der Waals surface area contributed by atoms with E-state index < -0.39 is 0 Å². The van der Waals surface area contributed by atoms with Crippen molar-refractivity contribution in [3.05, 3.63) is 34.8 Å². The predicted octanol–water partition coefficient (Wildman–Crippen LogP) is 3.73. The molecule has 0 fully saturated rings. The van der Waals surface area contributed by atoms with E-state index >= 15 is 0 Å².